The maximum Gasteiger partial charge on any atom is 0.265 e. The van der Waals surface area contributed by atoms with Gasteiger partial charge in [-0.15, -0.1) is 11.3 Å². The Morgan fingerprint density at radius 2 is 2.00 bits per heavy atom. The van der Waals surface area contributed by atoms with Crippen molar-refractivity contribution >= 4 is 17.2 Å². The molecular weight excluding hydrogens is 298 g/mol. The van der Waals surface area contributed by atoms with E-state index in [1.807, 2.05) is 4.90 Å². The molecule has 6 heteroatoms. The third kappa shape index (κ3) is 3.67. The summed E-state index contributed by atoms with van der Waals surface area (Å²) in [5.74, 6) is 0.101. The van der Waals surface area contributed by atoms with Gasteiger partial charge in [0.15, 0.2) is 0 Å². The van der Waals surface area contributed by atoms with E-state index in [2.05, 4.69) is 37.6 Å². The van der Waals surface area contributed by atoms with E-state index in [9.17, 15) is 9.90 Å². The molecule has 1 aromatic rings. The van der Waals surface area contributed by atoms with Crippen molar-refractivity contribution in [1.82, 2.24) is 14.8 Å². The summed E-state index contributed by atoms with van der Waals surface area (Å²) in [6.07, 6.45) is 0.938. The van der Waals surface area contributed by atoms with Crippen LogP contribution in [0.3, 0.4) is 0 Å². The molecule has 2 heterocycles. The third-order valence-electron chi connectivity index (χ3n) is 4.27. The minimum atomic E-state index is -0.114. The quantitative estimate of drug-likeness (QED) is 0.919. The van der Waals surface area contributed by atoms with Gasteiger partial charge in [-0.3, -0.25) is 9.69 Å². The lowest BCUT2D eigenvalue weighted by Gasteiger charge is -2.38. The number of carbonyl (C=O) groups is 1. The Labute approximate surface area is 137 Å². The van der Waals surface area contributed by atoms with Gasteiger partial charge in [-0.2, -0.15) is 0 Å². The number of rotatable bonds is 4. The first-order valence-corrected chi connectivity index (χ1v) is 8.84. The van der Waals surface area contributed by atoms with Crippen LogP contribution in [0.15, 0.2) is 5.51 Å². The molecule has 1 saturated heterocycles. The number of hydrogen-bond donors (Lipinski definition) is 1. The molecule has 1 N–H and O–H groups in total. The second-order valence-electron chi connectivity index (χ2n) is 6.85. The van der Waals surface area contributed by atoms with Crippen molar-refractivity contribution in [1.29, 1.82) is 0 Å². The Morgan fingerprint density at radius 3 is 2.50 bits per heavy atom. The maximum atomic E-state index is 12.8. The molecule has 0 bridgehead atoms. The highest BCUT2D eigenvalue weighted by molar-refractivity contribution is 7.11. The molecule has 1 unspecified atom stereocenters. The van der Waals surface area contributed by atoms with Crippen molar-refractivity contribution in [3.63, 3.8) is 0 Å². The van der Waals surface area contributed by atoms with Crippen LogP contribution in [0.4, 0.5) is 0 Å². The van der Waals surface area contributed by atoms with Crippen LogP contribution >= 0.6 is 11.3 Å². The molecule has 2 rings (SSSR count). The Kier molecular flexibility index (Phi) is 5.58. The van der Waals surface area contributed by atoms with Crippen LogP contribution in [0.25, 0.3) is 0 Å². The zero-order valence-electron chi connectivity index (χ0n) is 14.0. The Bertz CT molecular complexity index is 498. The fraction of sp³-hybridized carbons (Fsp3) is 0.750. The first-order chi connectivity index (χ1) is 10.4. The molecule has 1 aromatic heterocycles. The number of piperazine rings is 1. The topological polar surface area (TPSA) is 56.7 Å². The van der Waals surface area contributed by atoms with Crippen molar-refractivity contribution in [2.24, 2.45) is 0 Å². The monoisotopic (exact) mass is 325 g/mol. The molecule has 0 radical (unpaired) electrons. The SMILES string of the molecule is CCC(CO)N1CCN(C(=O)c2scnc2C(C)(C)C)CC1. The minimum absolute atomic E-state index is 0.101. The summed E-state index contributed by atoms with van der Waals surface area (Å²) < 4.78 is 0. The third-order valence-corrected chi connectivity index (χ3v) is 5.09. The molecule has 1 atom stereocenters. The van der Waals surface area contributed by atoms with E-state index in [1.165, 1.54) is 11.3 Å². The number of nitrogens with zero attached hydrogens (tertiary/aromatic N) is 3. The Balaban J connectivity index is 2.03. The number of thiazole rings is 1. The average molecular weight is 325 g/mol. The van der Waals surface area contributed by atoms with Crippen molar-refractivity contribution in [3.8, 4) is 0 Å². The standard InChI is InChI=1S/C16H27N3O2S/c1-5-12(10-20)18-6-8-19(9-7-18)15(21)13-14(16(2,3)4)17-11-22-13/h11-12,20H,5-10H2,1-4H3. The number of aromatic nitrogens is 1. The van der Waals surface area contributed by atoms with E-state index in [0.717, 1.165) is 43.2 Å². The second kappa shape index (κ2) is 7.06. The second-order valence-corrected chi connectivity index (χ2v) is 7.71. The lowest BCUT2D eigenvalue weighted by molar-refractivity contribution is 0.0474. The number of carbonyl (C=O) groups excluding carboxylic acids is 1. The summed E-state index contributed by atoms with van der Waals surface area (Å²) >= 11 is 1.44. The van der Waals surface area contributed by atoms with Crippen LogP contribution in [0.5, 0.6) is 0 Å². The van der Waals surface area contributed by atoms with Gasteiger partial charge in [0.1, 0.15) is 4.88 Å². The molecule has 22 heavy (non-hydrogen) atoms. The Hall–Kier alpha value is -0.980. The van der Waals surface area contributed by atoms with Gasteiger partial charge >= 0.3 is 0 Å². The van der Waals surface area contributed by atoms with Gasteiger partial charge in [0.25, 0.3) is 5.91 Å². The van der Waals surface area contributed by atoms with Gasteiger partial charge in [0.2, 0.25) is 0 Å². The first kappa shape index (κ1) is 17.4. The molecular formula is C16H27N3O2S. The lowest BCUT2D eigenvalue weighted by atomic mass is 9.91. The van der Waals surface area contributed by atoms with E-state index >= 15 is 0 Å². The molecule has 0 aromatic carbocycles. The summed E-state index contributed by atoms with van der Waals surface area (Å²) in [5.41, 5.74) is 2.55. The Morgan fingerprint density at radius 1 is 1.36 bits per heavy atom. The minimum Gasteiger partial charge on any atom is -0.395 e. The number of hydrogen-bond acceptors (Lipinski definition) is 5. The molecule has 1 amide bonds. The maximum absolute atomic E-state index is 12.8. The van der Waals surface area contributed by atoms with E-state index in [-0.39, 0.29) is 24.0 Å². The van der Waals surface area contributed by atoms with Gasteiger partial charge < -0.3 is 10.0 Å². The fourth-order valence-corrected chi connectivity index (χ4v) is 3.83. The number of aliphatic hydroxyl groups excluding tert-OH is 1. The van der Waals surface area contributed by atoms with E-state index < -0.39 is 0 Å². The van der Waals surface area contributed by atoms with E-state index in [4.69, 9.17) is 0 Å². The van der Waals surface area contributed by atoms with E-state index in [1.54, 1.807) is 5.51 Å². The lowest BCUT2D eigenvalue weighted by Crippen LogP contribution is -2.52. The van der Waals surface area contributed by atoms with Crippen LogP contribution < -0.4 is 0 Å². The van der Waals surface area contributed by atoms with E-state index in [0.29, 0.717) is 0 Å². The summed E-state index contributed by atoms with van der Waals surface area (Å²) in [6.45, 7) is 11.6. The first-order valence-electron chi connectivity index (χ1n) is 7.96. The molecule has 0 spiro atoms. The molecule has 0 aliphatic carbocycles. The van der Waals surface area contributed by atoms with Crippen LogP contribution in [0.2, 0.25) is 0 Å². The molecule has 1 aliphatic rings. The summed E-state index contributed by atoms with van der Waals surface area (Å²) in [7, 11) is 0. The summed E-state index contributed by atoms with van der Waals surface area (Å²) in [5, 5.41) is 9.40. The summed E-state index contributed by atoms with van der Waals surface area (Å²) in [4.78, 5) is 22.1. The van der Waals surface area contributed by atoms with Crippen molar-refractivity contribution in [2.45, 2.75) is 45.6 Å². The van der Waals surface area contributed by atoms with Crippen LogP contribution in [-0.4, -0.2) is 64.6 Å². The average Bonchev–Trinajstić information content (AvgIpc) is 2.98. The van der Waals surface area contributed by atoms with Gasteiger partial charge in [0, 0.05) is 37.6 Å². The predicted molar refractivity (Wildman–Crippen MR) is 89.5 cm³/mol. The zero-order chi connectivity index (χ0) is 16.3. The van der Waals surface area contributed by atoms with Crippen molar-refractivity contribution in [3.05, 3.63) is 16.1 Å². The number of aliphatic hydroxyl groups is 1. The van der Waals surface area contributed by atoms with Crippen molar-refractivity contribution in [2.75, 3.05) is 32.8 Å². The van der Waals surface area contributed by atoms with Crippen LogP contribution in [0, 0.1) is 0 Å². The van der Waals surface area contributed by atoms with Crippen LogP contribution in [-0.2, 0) is 5.41 Å². The fourth-order valence-electron chi connectivity index (χ4n) is 2.87. The van der Waals surface area contributed by atoms with Gasteiger partial charge in [-0.05, 0) is 6.42 Å². The van der Waals surface area contributed by atoms with Crippen molar-refractivity contribution < 1.29 is 9.90 Å². The highest BCUT2D eigenvalue weighted by Crippen LogP contribution is 2.28. The van der Waals surface area contributed by atoms with Gasteiger partial charge in [-0.25, -0.2) is 4.98 Å². The predicted octanol–water partition coefficient (Wildman–Crippen LogP) is 1.97. The largest absolute Gasteiger partial charge is 0.395 e. The molecule has 0 saturated carbocycles. The summed E-state index contributed by atoms with van der Waals surface area (Å²) in [6, 6.07) is 0.214. The molecule has 5 nitrogen and oxygen atoms in total. The number of amides is 1. The smallest absolute Gasteiger partial charge is 0.265 e. The normalized spacial score (nSPS) is 18.5. The highest BCUT2D eigenvalue weighted by atomic mass is 32.1. The van der Waals surface area contributed by atoms with Gasteiger partial charge in [0.05, 0.1) is 17.8 Å². The van der Waals surface area contributed by atoms with Crippen LogP contribution in [0.1, 0.15) is 49.5 Å². The highest BCUT2D eigenvalue weighted by Gasteiger charge is 2.30. The molecule has 124 valence electrons. The van der Waals surface area contributed by atoms with Gasteiger partial charge in [-0.1, -0.05) is 27.7 Å². The molecule has 1 aliphatic heterocycles. The zero-order valence-corrected chi connectivity index (χ0v) is 14.8. The molecule has 1 fully saturated rings.